The molecule has 0 spiro atoms. The van der Waals surface area contributed by atoms with Gasteiger partial charge in [-0.25, -0.2) is 0 Å². The smallest absolute Gasteiger partial charge is 0.243 e. The van der Waals surface area contributed by atoms with E-state index < -0.39 is 144 Å². The lowest BCUT2D eigenvalue weighted by Crippen LogP contribution is -2.60. The molecule has 100 heavy (non-hydrogen) atoms. The number of aliphatic hydroxyl groups excluding tert-OH is 2. The summed E-state index contributed by atoms with van der Waals surface area (Å²) >= 11 is 0. The van der Waals surface area contributed by atoms with E-state index >= 15 is 0 Å². The molecule has 0 bridgehead atoms. The van der Waals surface area contributed by atoms with Gasteiger partial charge in [-0.3, -0.25) is 77.7 Å². The van der Waals surface area contributed by atoms with Crippen molar-refractivity contribution in [2.24, 2.45) is 105 Å². The molecule has 1 aliphatic heterocycles. The van der Waals surface area contributed by atoms with Gasteiger partial charge in [-0.2, -0.15) is 0 Å². The van der Waals surface area contributed by atoms with Crippen LogP contribution in [0.2, 0.25) is 0 Å². The van der Waals surface area contributed by atoms with Crippen LogP contribution in [0.1, 0.15) is 136 Å². The lowest BCUT2D eigenvalue weighted by atomic mass is 10.0. The fourth-order valence-corrected chi connectivity index (χ4v) is 10.1. The highest BCUT2D eigenvalue weighted by molar-refractivity contribution is 5.99. The summed E-state index contributed by atoms with van der Waals surface area (Å²) < 4.78 is 0. The Balaban J connectivity index is 3.81. The van der Waals surface area contributed by atoms with Crippen molar-refractivity contribution in [3.05, 3.63) is 0 Å². The molecule has 0 radical (unpaired) electrons. The number of rotatable bonds is 50. The second-order valence-corrected chi connectivity index (χ2v) is 24.1. The van der Waals surface area contributed by atoms with Gasteiger partial charge in [-0.05, 0) is 149 Å². The van der Waals surface area contributed by atoms with Crippen molar-refractivity contribution in [2.45, 2.75) is 215 Å². The average Bonchev–Trinajstić information content (AvgIpc) is 1.63. The van der Waals surface area contributed by atoms with E-state index in [2.05, 4.69) is 72.8 Å². The normalized spacial score (nSPS) is 16.1. The molecule has 0 aromatic rings. The third-order valence-electron chi connectivity index (χ3n) is 15.5. The number of hydrogen-bond acceptors (Lipinski definition) is 21. The molecule has 1 rings (SSSR count). The predicted octanol–water partition coefficient (Wildman–Crippen LogP) is -11.5. The molecule has 568 valence electrons. The molecule has 1 heterocycles. The molecular formula is C58H113N29O13. The van der Waals surface area contributed by atoms with Gasteiger partial charge in [-0.1, -0.05) is 0 Å². The average molecular weight is 1420 g/mol. The standard InChI is InChI=1S/C58H113N29O13/c1-30(78-45(92)35(16-8-24-73-54(63)64)85-52(99)40-21-13-29-87(40)53(100)41(61)31(2)88)44(91)79-36(17-9-25-74-55(65)66)48(95)82-38(19-11-27-76-57(69)70)50(97)83-37(18-10-26-75-56(67)68)49(96)81-33(14-4-6-22-59)46(93)80-34(15-5-7-23-60)47(94)84-39(20-12-28-77-58(71)72)51(98)86-42(32(3)89)43(62)90/h30-42,88-89H,4-29,59-61H2,1-3H3,(H2,62,90)(H,78,92)(H,79,91)(H,80,93)(H,81,96)(H,82,95)(H,83,97)(H,84,94)(H,85,99)(H,86,98)(H4,63,64,73)(H4,65,66,74)(H4,67,68,75)(H4,69,70,76)(H4,71,72,77). The number of carbonyl (C=O) groups is 11. The van der Waals surface area contributed by atoms with E-state index in [1.807, 2.05) is 0 Å². The Labute approximate surface area is 581 Å². The van der Waals surface area contributed by atoms with Crippen molar-refractivity contribution in [2.75, 3.05) is 52.4 Å². The van der Waals surface area contributed by atoms with E-state index in [1.54, 1.807) is 0 Å². The summed E-state index contributed by atoms with van der Waals surface area (Å²) in [7, 11) is 0. The summed E-state index contributed by atoms with van der Waals surface area (Å²) in [6.07, 6.45) is -1.12. The van der Waals surface area contributed by atoms with Gasteiger partial charge in [0, 0.05) is 39.3 Å². The Morgan fingerprint density at radius 1 is 0.390 bits per heavy atom. The SMILES string of the molecule is CC(NC(=O)C(CCCN=C(N)N)NC(=O)C1CCCN1C(=O)C(N)C(C)O)C(=O)NC(CCCN=C(N)N)C(=O)NC(CCCN=C(N)N)C(=O)NC(CCCN=C(N)N)C(=O)NC(CCCCN)C(=O)NC(CCCCN)C(=O)NC(CCCN=C(N)N)C(=O)NC(C(N)=O)C(C)O. The van der Waals surface area contributed by atoms with Crippen LogP contribution in [0, 0.1) is 0 Å². The molecule has 42 heteroatoms. The Hall–Kier alpha value is -9.68. The van der Waals surface area contributed by atoms with E-state index in [9.17, 15) is 63.0 Å². The van der Waals surface area contributed by atoms with Crippen molar-refractivity contribution in [1.29, 1.82) is 0 Å². The molecular weight excluding hydrogens is 1310 g/mol. The molecule has 0 saturated carbocycles. The minimum atomic E-state index is -1.55. The van der Waals surface area contributed by atoms with Gasteiger partial charge in [0.05, 0.1) is 12.2 Å². The van der Waals surface area contributed by atoms with Crippen LogP contribution >= 0.6 is 0 Å². The molecule has 1 aliphatic rings. The molecule has 0 aromatic carbocycles. The summed E-state index contributed by atoms with van der Waals surface area (Å²) in [5.74, 6) is -11.1. The van der Waals surface area contributed by atoms with Crippen LogP contribution in [-0.2, 0) is 52.7 Å². The maximum Gasteiger partial charge on any atom is 0.243 e. The number of unbranched alkanes of at least 4 members (excludes halogenated alkanes) is 2. The highest BCUT2D eigenvalue weighted by atomic mass is 16.3. The van der Waals surface area contributed by atoms with Crippen molar-refractivity contribution in [1.82, 2.24) is 52.8 Å². The number of aliphatic hydroxyl groups is 2. The Morgan fingerprint density at radius 2 is 0.670 bits per heavy atom. The summed E-state index contributed by atoms with van der Waals surface area (Å²) in [6, 6.07) is -15.4. The maximum absolute atomic E-state index is 14.7. The van der Waals surface area contributed by atoms with Gasteiger partial charge < -0.3 is 143 Å². The van der Waals surface area contributed by atoms with Gasteiger partial charge >= 0.3 is 0 Å². The molecule has 13 unspecified atom stereocenters. The number of nitrogens with zero attached hydrogens (tertiary/aromatic N) is 6. The predicted molar refractivity (Wildman–Crippen MR) is 374 cm³/mol. The zero-order valence-electron chi connectivity index (χ0n) is 57.5. The van der Waals surface area contributed by atoms with E-state index in [0.29, 0.717) is 19.3 Å². The fraction of sp³-hybridized carbons (Fsp3) is 0.724. The highest BCUT2D eigenvalue weighted by Crippen LogP contribution is 2.20. The first-order chi connectivity index (χ1) is 47.1. The molecule has 42 nitrogen and oxygen atoms in total. The molecule has 0 aromatic heterocycles. The van der Waals surface area contributed by atoms with Crippen LogP contribution in [0.15, 0.2) is 25.0 Å². The van der Waals surface area contributed by atoms with Crippen LogP contribution in [0.25, 0.3) is 0 Å². The zero-order chi connectivity index (χ0) is 75.6. The number of nitrogens with one attached hydrogen (secondary N) is 9. The monoisotopic (exact) mass is 1420 g/mol. The minimum absolute atomic E-state index is 0.0211. The quantitative estimate of drug-likeness (QED) is 0.0153. The van der Waals surface area contributed by atoms with E-state index in [0.717, 1.165) is 0 Å². The van der Waals surface area contributed by atoms with Gasteiger partial charge in [0.15, 0.2) is 29.8 Å². The lowest BCUT2D eigenvalue weighted by molar-refractivity contribution is -0.142. The van der Waals surface area contributed by atoms with Crippen molar-refractivity contribution in [3.8, 4) is 0 Å². The summed E-state index contributed by atoms with van der Waals surface area (Å²) in [4.78, 5) is 175. The zero-order valence-corrected chi connectivity index (χ0v) is 57.5. The lowest BCUT2D eigenvalue weighted by Gasteiger charge is -2.29. The number of hydrogen-bond donors (Lipinski definition) is 25. The van der Waals surface area contributed by atoms with Crippen molar-refractivity contribution >= 4 is 94.8 Å². The molecule has 1 fully saturated rings. The maximum atomic E-state index is 14.7. The first kappa shape index (κ1) is 88.3. The largest absolute Gasteiger partial charge is 0.391 e. The van der Waals surface area contributed by atoms with Gasteiger partial charge in [0.1, 0.15) is 66.5 Å². The molecule has 11 amide bonds. The van der Waals surface area contributed by atoms with Gasteiger partial charge in [0.25, 0.3) is 0 Å². The third-order valence-corrected chi connectivity index (χ3v) is 15.5. The topological polar surface area (TPSA) is 766 Å². The first-order valence-corrected chi connectivity index (χ1v) is 33.3. The first-order valence-electron chi connectivity index (χ1n) is 33.3. The highest BCUT2D eigenvalue weighted by Gasteiger charge is 2.40. The molecule has 1 saturated heterocycles. The van der Waals surface area contributed by atoms with Crippen LogP contribution in [0.4, 0.5) is 0 Å². The summed E-state index contributed by atoms with van der Waals surface area (Å²) in [5.41, 5.74) is 78.4. The third kappa shape index (κ3) is 35.7. The molecule has 13 atom stereocenters. The Kier molecular flexibility index (Phi) is 42.5. The number of carbonyl (C=O) groups excluding carboxylic acids is 11. The van der Waals surface area contributed by atoms with Crippen molar-refractivity contribution in [3.63, 3.8) is 0 Å². The fourth-order valence-electron chi connectivity index (χ4n) is 10.1. The second-order valence-electron chi connectivity index (χ2n) is 24.1. The number of nitrogens with two attached hydrogens (primary N) is 14. The van der Waals surface area contributed by atoms with Gasteiger partial charge in [-0.15, -0.1) is 0 Å². The molecule has 39 N–H and O–H groups in total. The Morgan fingerprint density at radius 3 is 0.950 bits per heavy atom. The van der Waals surface area contributed by atoms with Crippen LogP contribution < -0.4 is 128 Å². The number of aliphatic imine (C=N–C) groups is 5. The van der Waals surface area contributed by atoms with Crippen LogP contribution in [0.3, 0.4) is 0 Å². The molecule has 0 aliphatic carbocycles. The summed E-state index contributed by atoms with van der Waals surface area (Å²) in [5, 5.41) is 43.6. The van der Waals surface area contributed by atoms with Crippen molar-refractivity contribution < 1.29 is 63.0 Å². The van der Waals surface area contributed by atoms with E-state index in [4.69, 9.17) is 80.3 Å². The minimum Gasteiger partial charge on any atom is -0.391 e. The number of amides is 11. The number of likely N-dealkylation sites (tertiary alicyclic amines) is 1. The van der Waals surface area contributed by atoms with Crippen LogP contribution in [-0.4, -0.2) is 241 Å². The second kappa shape index (κ2) is 48.1. The summed E-state index contributed by atoms with van der Waals surface area (Å²) in [6.45, 7) is 4.30. The van der Waals surface area contributed by atoms with Crippen LogP contribution in [0.5, 0.6) is 0 Å². The Bertz CT molecular complexity index is 2790. The van der Waals surface area contributed by atoms with Gasteiger partial charge in [0.2, 0.25) is 65.0 Å². The van der Waals surface area contributed by atoms with E-state index in [1.165, 1.54) is 25.7 Å². The number of primary amides is 1. The number of guanidine groups is 5. The van der Waals surface area contributed by atoms with E-state index in [-0.39, 0.29) is 178 Å².